The third-order valence-electron chi connectivity index (χ3n) is 4.06. The third-order valence-corrected chi connectivity index (χ3v) is 4.06. The first-order valence-electron chi connectivity index (χ1n) is 6.98. The molecular formula is C14H26O3. The number of hydrogen-bond donors (Lipinski definition) is 1. The van der Waals surface area contributed by atoms with Crippen LogP contribution in [-0.2, 0) is 9.47 Å². The molecule has 2 atom stereocenters. The first-order valence-corrected chi connectivity index (χ1v) is 6.98. The zero-order valence-electron chi connectivity index (χ0n) is 11.2. The number of hydrogen-bond acceptors (Lipinski definition) is 3. The van der Waals surface area contributed by atoms with Gasteiger partial charge < -0.3 is 14.6 Å². The summed E-state index contributed by atoms with van der Waals surface area (Å²) in [6, 6.07) is 0. The molecule has 0 aromatic rings. The second kappa shape index (κ2) is 5.68. The summed E-state index contributed by atoms with van der Waals surface area (Å²) in [5, 5.41) is 9.74. The summed E-state index contributed by atoms with van der Waals surface area (Å²) in [4.78, 5) is 0. The van der Waals surface area contributed by atoms with E-state index in [1.54, 1.807) is 0 Å². The maximum absolute atomic E-state index is 9.74. The van der Waals surface area contributed by atoms with Gasteiger partial charge in [0.05, 0.1) is 12.7 Å². The van der Waals surface area contributed by atoms with Crippen molar-refractivity contribution >= 4 is 0 Å². The summed E-state index contributed by atoms with van der Waals surface area (Å²) in [7, 11) is 0. The molecule has 2 aliphatic rings. The first-order chi connectivity index (χ1) is 8.18. The van der Waals surface area contributed by atoms with Gasteiger partial charge in [-0.1, -0.05) is 13.8 Å². The minimum Gasteiger partial charge on any atom is -0.396 e. The van der Waals surface area contributed by atoms with Gasteiger partial charge in [-0.15, -0.1) is 0 Å². The van der Waals surface area contributed by atoms with Crippen molar-refractivity contribution in [3.63, 3.8) is 0 Å². The molecule has 1 saturated heterocycles. The predicted octanol–water partition coefficient (Wildman–Crippen LogP) is 2.23. The molecule has 2 unspecified atom stereocenters. The normalized spacial score (nSPS) is 33.5. The van der Waals surface area contributed by atoms with Crippen LogP contribution in [0.15, 0.2) is 0 Å². The molecule has 3 heteroatoms. The molecule has 1 heterocycles. The molecular weight excluding hydrogens is 216 g/mol. The van der Waals surface area contributed by atoms with Crippen molar-refractivity contribution in [2.24, 2.45) is 17.3 Å². The second-order valence-corrected chi connectivity index (χ2v) is 6.12. The Morgan fingerprint density at radius 2 is 2.18 bits per heavy atom. The Morgan fingerprint density at radius 3 is 2.76 bits per heavy atom. The third kappa shape index (κ3) is 3.21. The lowest BCUT2D eigenvalue weighted by Gasteiger charge is -2.32. The number of aliphatic hydroxyl groups excluding tert-OH is 1. The van der Waals surface area contributed by atoms with E-state index in [4.69, 9.17) is 9.47 Å². The summed E-state index contributed by atoms with van der Waals surface area (Å²) in [5.74, 6) is 1.29. The van der Waals surface area contributed by atoms with E-state index in [0.29, 0.717) is 11.8 Å². The highest BCUT2D eigenvalue weighted by Crippen LogP contribution is 2.49. The maximum Gasteiger partial charge on any atom is 0.0683 e. The molecule has 1 saturated carbocycles. The van der Waals surface area contributed by atoms with Crippen LogP contribution in [0.5, 0.6) is 0 Å². The van der Waals surface area contributed by atoms with Crippen molar-refractivity contribution in [1.29, 1.82) is 0 Å². The van der Waals surface area contributed by atoms with Crippen LogP contribution in [0.1, 0.15) is 39.5 Å². The summed E-state index contributed by atoms with van der Waals surface area (Å²) in [6.07, 6.45) is 4.78. The molecule has 0 aromatic heterocycles. The van der Waals surface area contributed by atoms with Crippen LogP contribution in [0.2, 0.25) is 0 Å². The van der Waals surface area contributed by atoms with Gasteiger partial charge in [0, 0.05) is 25.2 Å². The van der Waals surface area contributed by atoms with Crippen molar-refractivity contribution in [2.75, 3.05) is 26.4 Å². The van der Waals surface area contributed by atoms with Gasteiger partial charge in [0.25, 0.3) is 0 Å². The Labute approximate surface area is 104 Å². The van der Waals surface area contributed by atoms with E-state index in [1.165, 1.54) is 12.8 Å². The van der Waals surface area contributed by atoms with E-state index < -0.39 is 0 Å². The Kier molecular flexibility index (Phi) is 4.45. The Balaban J connectivity index is 1.81. The van der Waals surface area contributed by atoms with Crippen LogP contribution in [0.3, 0.4) is 0 Å². The average Bonchev–Trinajstić information content (AvgIpc) is 3.06. The van der Waals surface area contributed by atoms with Crippen LogP contribution in [0.25, 0.3) is 0 Å². The SMILES string of the molecule is CC(C)COCCC1(CO)CCOC1C1CC1. The van der Waals surface area contributed by atoms with E-state index >= 15 is 0 Å². The lowest BCUT2D eigenvalue weighted by atomic mass is 9.77. The van der Waals surface area contributed by atoms with Crippen molar-refractivity contribution in [3.8, 4) is 0 Å². The molecule has 1 aliphatic carbocycles. The lowest BCUT2D eigenvalue weighted by molar-refractivity contribution is -0.0223. The highest BCUT2D eigenvalue weighted by atomic mass is 16.5. The standard InChI is InChI=1S/C14H26O3/c1-11(2)9-16-7-5-14(10-15)6-8-17-13(14)12-3-4-12/h11-13,15H,3-10H2,1-2H3. The molecule has 0 bridgehead atoms. The Bertz CT molecular complexity index is 238. The van der Waals surface area contributed by atoms with Gasteiger partial charge in [-0.25, -0.2) is 0 Å². The van der Waals surface area contributed by atoms with Crippen LogP contribution in [-0.4, -0.2) is 37.6 Å². The fourth-order valence-corrected chi connectivity index (χ4v) is 2.85. The van der Waals surface area contributed by atoms with E-state index in [-0.39, 0.29) is 18.1 Å². The van der Waals surface area contributed by atoms with Gasteiger partial charge in [0.1, 0.15) is 0 Å². The van der Waals surface area contributed by atoms with E-state index in [2.05, 4.69) is 13.8 Å². The zero-order valence-corrected chi connectivity index (χ0v) is 11.2. The minimum absolute atomic E-state index is 0.0157. The van der Waals surface area contributed by atoms with Crippen LogP contribution < -0.4 is 0 Å². The largest absolute Gasteiger partial charge is 0.396 e. The average molecular weight is 242 g/mol. The molecule has 0 aromatic carbocycles. The molecule has 2 rings (SSSR count). The minimum atomic E-state index is -0.0157. The quantitative estimate of drug-likeness (QED) is 0.696. The maximum atomic E-state index is 9.74. The van der Waals surface area contributed by atoms with E-state index in [0.717, 1.165) is 32.7 Å². The zero-order chi connectivity index (χ0) is 12.3. The second-order valence-electron chi connectivity index (χ2n) is 6.12. The van der Waals surface area contributed by atoms with Gasteiger partial charge in [-0.05, 0) is 37.5 Å². The Morgan fingerprint density at radius 1 is 1.41 bits per heavy atom. The molecule has 100 valence electrons. The van der Waals surface area contributed by atoms with Crippen LogP contribution >= 0.6 is 0 Å². The van der Waals surface area contributed by atoms with Gasteiger partial charge in [0.15, 0.2) is 0 Å². The van der Waals surface area contributed by atoms with Crippen LogP contribution in [0, 0.1) is 17.3 Å². The summed E-state index contributed by atoms with van der Waals surface area (Å²) >= 11 is 0. The lowest BCUT2D eigenvalue weighted by Crippen LogP contribution is -2.37. The van der Waals surface area contributed by atoms with Gasteiger partial charge in [-0.2, -0.15) is 0 Å². The van der Waals surface area contributed by atoms with Crippen LogP contribution in [0.4, 0.5) is 0 Å². The number of ether oxygens (including phenoxy) is 2. The molecule has 3 nitrogen and oxygen atoms in total. The highest BCUT2D eigenvalue weighted by molar-refractivity contribution is 4.99. The number of rotatable bonds is 7. The van der Waals surface area contributed by atoms with Crippen molar-refractivity contribution in [2.45, 2.75) is 45.6 Å². The first kappa shape index (κ1) is 13.3. The summed E-state index contributed by atoms with van der Waals surface area (Å²) in [5.41, 5.74) is -0.0157. The van der Waals surface area contributed by atoms with Gasteiger partial charge >= 0.3 is 0 Å². The molecule has 1 aliphatic heterocycles. The molecule has 0 amide bonds. The predicted molar refractivity (Wildman–Crippen MR) is 66.9 cm³/mol. The van der Waals surface area contributed by atoms with Crippen molar-refractivity contribution < 1.29 is 14.6 Å². The smallest absolute Gasteiger partial charge is 0.0683 e. The highest BCUT2D eigenvalue weighted by Gasteiger charge is 2.50. The van der Waals surface area contributed by atoms with Gasteiger partial charge in [0.2, 0.25) is 0 Å². The fourth-order valence-electron chi connectivity index (χ4n) is 2.85. The van der Waals surface area contributed by atoms with E-state index in [9.17, 15) is 5.11 Å². The van der Waals surface area contributed by atoms with Crippen molar-refractivity contribution in [3.05, 3.63) is 0 Å². The molecule has 17 heavy (non-hydrogen) atoms. The Hall–Kier alpha value is -0.120. The molecule has 0 spiro atoms. The summed E-state index contributed by atoms with van der Waals surface area (Å²) in [6.45, 7) is 6.95. The molecule has 1 N–H and O–H groups in total. The van der Waals surface area contributed by atoms with Crippen molar-refractivity contribution in [1.82, 2.24) is 0 Å². The fraction of sp³-hybridized carbons (Fsp3) is 1.00. The topological polar surface area (TPSA) is 38.7 Å². The monoisotopic (exact) mass is 242 g/mol. The van der Waals surface area contributed by atoms with Gasteiger partial charge in [-0.3, -0.25) is 0 Å². The number of aliphatic hydroxyl groups is 1. The molecule has 0 radical (unpaired) electrons. The summed E-state index contributed by atoms with van der Waals surface area (Å²) < 4.78 is 11.5. The molecule has 2 fully saturated rings. The van der Waals surface area contributed by atoms with E-state index in [1.807, 2.05) is 0 Å².